The van der Waals surface area contributed by atoms with Crippen LogP contribution in [-0.4, -0.2) is 77.6 Å². The maximum Gasteiger partial charge on any atom is 0.227 e. The van der Waals surface area contributed by atoms with Crippen molar-refractivity contribution in [1.82, 2.24) is 25.3 Å². The van der Waals surface area contributed by atoms with Crippen LogP contribution >= 0.6 is 0 Å². The van der Waals surface area contributed by atoms with Gasteiger partial charge in [-0.3, -0.25) is 4.79 Å². The highest BCUT2D eigenvalue weighted by atomic mass is 16.5. The molecule has 6 rings (SSSR count). The molecule has 4 heterocycles. The van der Waals surface area contributed by atoms with Gasteiger partial charge in [-0.15, -0.1) is 15.3 Å². The number of aromatic nitrogens is 4. The molecule has 37 heavy (non-hydrogen) atoms. The molecule has 1 amide bonds. The molecule has 0 radical (unpaired) electrons. The molecular weight excluding hydrogens is 466 g/mol. The first-order valence-corrected chi connectivity index (χ1v) is 13.3. The Morgan fingerprint density at radius 3 is 2.27 bits per heavy atom. The third-order valence-corrected chi connectivity index (χ3v) is 7.71. The van der Waals surface area contributed by atoms with E-state index in [1.54, 1.807) is 7.11 Å². The van der Waals surface area contributed by atoms with Crippen molar-refractivity contribution >= 4 is 17.5 Å². The minimum atomic E-state index is -0.0198. The number of piperazine rings is 1. The van der Waals surface area contributed by atoms with E-state index in [0.29, 0.717) is 12.5 Å². The molecule has 3 aromatic rings. The maximum absolute atomic E-state index is 13.4. The molecule has 0 N–H and O–H groups in total. The minimum Gasteiger partial charge on any atom is -0.496 e. The Morgan fingerprint density at radius 1 is 0.811 bits per heavy atom. The number of ether oxygens (including phenoxy) is 1. The zero-order chi connectivity index (χ0) is 25.2. The summed E-state index contributed by atoms with van der Waals surface area (Å²) in [5, 5.41) is 17.8. The standard InChI is InChI=1S/C28H33N7O2/c1-37-25-7-3-2-6-22(25)24-11-13-27(32-30-24)35-14-4-5-21(19-35)28(36)34-17-15-33(16-18-34)26-12-10-23(29-31-26)20-8-9-20/h2-3,6-7,10-13,20-21H,4-5,8-9,14-19H2,1H3. The number of nitrogens with zero attached hydrogens (tertiary/aromatic N) is 7. The molecule has 1 unspecified atom stereocenters. The smallest absolute Gasteiger partial charge is 0.227 e. The summed E-state index contributed by atoms with van der Waals surface area (Å²) in [4.78, 5) is 19.9. The first kappa shape index (κ1) is 23.6. The Balaban J connectivity index is 1.05. The number of rotatable bonds is 6. The number of amides is 1. The number of benzene rings is 1. The lowest BCUT2D eigenvalue weighted by Crippen LogP contribution is -2.53. The largest absolute Gasteiger partial charge is 0.496 e. The summed E-state index contributed by atoms with van der Waals surface area (Å²) < 4.78 is 5.46. The molecule has 192 valence electrons. The van der Waals surface area contributed by atoms with Gasteiger partial charge >= 0.3 is 0 Å². The van der Waals surface area contributed by atoms with E-state index in [-0.39, 0.29) is 11.8 Å². The normalized spacial score (nSPS) is 20.1. The summed E-state index contributed by atoms with van der Waals surface area (Å²) in [6.45, 7) is 4.57. The molecule has 3 fully saturated rings. The second kappa shape index (κ2) is 10.3. The first-order chi connectivity index (χ1) is 18.2. The van der Waals surface area contributed by atoms with Crippen LogP contribution in [0.25, 0.3) is 11.3 Å². The summed E-state index contributed by atoms with van der Waals surface area (Å²) in [5.74, 6) is 3.34. The fraction of sp³-hybridized carbons (Fsp3) is 0.464. The van der Waals surface area contributed by atoms with E-state index in [4.69, 9.17) is 4.74 Å². The third-order valence-electron chi connectivity index (χ3n) is 7.71. The van der Waals surface area contributed by atoms with E-state index >= 15 is 0 Å². The lowest BCUT2D eigenvalue weighted by atomic mass is 9.96. The highest BCUT2D eigenvalue weighted by Crippen LogP contribution is 2.38. The van der Waals surface area contributed by atoms with E-state index in [0.717, 1.165) is 79.9 Å². The van der Waals surface area contributed by atoms with Gasteiger partial charge in [0.25, 0.3) is 0 Å². The Kier molecular flexibility index (Phi) is 6.59. The highest BCUT2D eigenvalue weighted by molar-refractivity contribution is 5.80. The van der Waals surface area contributed by atoms with Crippen molar-refractivity contribution < 1.29 is 9.53 Å². The predicted octanol–water partition coefficient (Wildman–Crippen LogP) is 3.38. The van der Waals surface area contributed by atoms with Crippen LogP contribution in [0.2, 0.25) is 0 Å². The number of methoxy groups -OCH3 is 1. The molecule has 3 aliphatic rings. The lowest BCUT2D eigenvalue weighted by Gasteiger charge is -2.39. The van der Waals surface area contributed by atoms with Crippen LogP contribution in [0.4, 0.5) is 11.6 Å². The van der Waals surface area contributed by atoms with Gasteiger partial charge in [-0.05, 0) is 62.1 Å². The Morgan fingerprint density at radius 2 is 1.57 bits per heavy atom. The van der Waals surface area contributed by atoms with Crippen LogP contribution in [-0.2, 0) is 4.79 Å². The quantitative estimate of drug-likeness (QED) is 0.510. The number of hydrogen-bond acceptors (Lipinski definition) is 8. The van der Waals surface area contributed by atoms with Gasteiger partial charge in [0.2, 0.25) is 5.91 Å². The van der Waals surface area contributed by atoms with Crippen molar-refractivity contribution in [3.8, 4) is 17.0 Å². The maximum atomic E-state index is 13.4. The van der Waals surface area contributed by atoms with E-state index in [1.807, 2.05) is 41.3 Å². The number of piperidine rings is 1. The molecule has 0 spiro atoms. The van der Waals surface area contributed by atoms with Crippen molar-refractivity contribution in [2.24, 2.45) is 5.92 Å². The van der Waals surface area contributed by atoms with Crippen molar-refractivity contribution in [2.75, 3.05) is 56.2 Å². The number of para-hydroxylation sites is 1. The minimum absolute atomic E-state index is 0.0198. The SMILES string of the molecule is COc1ccccc1-c1ccc(N2CCCC(C(=O)N3CCN(c4ccc(C5CC5)nn4)CC3)C2)nn1. The van der Waals surface area contributed by atoms with Gasteiger partial charge in [-0.2, -0.15) is 5.10 Å². The lowest BCUT2D eigenvalue weighted by molar-refractivity contribution is -0.136. The van der Waals surface area contributed by atoms with Gasteiger partial charge in [-0.1, -0.05) is 12.1 Å². The molecule has 9 nitrogen and oxygen atoms in total. The van der Waals surface area contributed by atoms with Crippen molar-refractivity contribution in [3.63, 3.8) is 0 Å². The van der Waals surface area contributed by atoms with E-state index in [9.17, 15) is 4.79 Å². The van der Waals surface area contributed by atoms with Crippen LogP contribution < -0.4 is 14.5 Å². The molecule has 2 saturated heterocycles. The topological polar surface area (TPSA) is 87.6 Å². The zero-order valence-corrected chi connectivity index (χ0v) is 21.3. The molecule has 2 aromatic heterocycles. The van der Waals surface area contributed by atoms with Gasteiger partial charge in [0.1, 0.15) is 5.75 Å². The Labute approximate surface area is 217 Å². The molecule has 0 bridgehead atoms. The number of carbonyl (C=O) groups is 1. The Hall–Kier alpha value is -3.75. The van der Waals surface area contributed by atoms with Crippen molar-refractivity contribution in [2.45, 2.75) is 31.6 Å². The van der Waals surface area contributed by atoms with Crippen LogP contribution in [0.5, 0.6) is 5.75 Å². The second-order valence-electron chi connectivity index (χ2n) is 10.2. The van der Waals surface area contributed by atoms with Crippen LogP contribution in [0.15, 0.2) is 48.5 Å². The van der Waals surface area contributed by atoms with Gasteiger partial charge in [0.15, 0.2) is 11.6 Å². The first-order valence-electron chi connectivity index (χ1n) is 13.3. The summed E-state index contributed by atoms with van der Waals surface area (Å²) >= 11 is 0. The third kappa shape index (κ3) is 5.08. The van der Waals surface area contributed by atoms with Gasteiger partial charge < -0.3 is 19.4 Å². The number of anilines is 2. The average Bonchev–Trinajstić information content (AvgIpc) is 3.83. The second-order valence-corrected chi connectivity index (χ2v) is 10.2. The molecule has 2 aliphatic heterocycles. The summed E-state index contributed by atoms with van der Waals surface area (Å²) in [5.41, 5.74) is 2.80. The molecule has 9 heteroatoms. The molecule has 1 atom stereocenters. The van der Waals surface area contributed by atoms with Gasteiger partial charge in [0.05, 0.1) is 24.4 Å². The summed E-state index contributed by atoms with van der Waals surface area (Å²) in [7, 11) is 1.66. The van der Waals surface area contributed by atoms with E-state index in [2.05, 4.69) is 42.3 Å². The van der Waals surface area contributed by atoms with Crippen molar-refractivity contribution in [1.29, 1.82) is 0 Å². The monoisotopic (exact) mass is 499 g/mol. The van der Waals surface area contributed by atoms with Crippen LogP contribution in [0, 0.1) is 5.92 Å². The van der Waals surface area contributed by atoms with E-state index < -0.39 is 0 Å². The summed E-state index contributed by atoms with van der Waals surface area (Å²) in [6.07, 6.45) is 4.34. The molecule has 1 aliphatic carbocycles. The predicted molar refractivity (Wildman–Crippen MR) is 142 cm³/mol. The zero-order valence-electron chi connectivity index (χ0n) is 21.3. The fourth-order valence-electron chi connectivity index (χ4n) is 5.40. The fourth-order valence-corrected chi connectivity index (χ4v) is 5.40. The van der Waals surface area contributed by atoms with Gasteiger partial charge in [-0.25, -0.2) is 0 Å². The average molecular weight is 500 g/mol. The molecule has 1 aromatic carbocycles. The number of hydrogen-bond donors (Lipinski definition) is 0. The molecule has 1 saturated carbocycles. The van der Waals surface area contributed by atoms with E-state index in [1.165, 1.54) is 12.8 Å². The van der Waals surface area contributed by atoms with Crippen LogP contribution in [0.1, 0.15) is 37.3 Å². The molecular formula is C28H33N7O2. The van der Waals surface area contributed by atoms with Crippen molar-refractivity contribution in [3.05, 3.63) is 54.2 Å². The highest BCUT2D eigenvalue weighted by Gasteiger charge is 2.32. The van der Waals surface area contributed by atoms with Crippen LogP contribution in [0.3, 0.4) is 0 Å². The number of carbonyl (C=O) groups excluding carboxylic acids is 1. The summed E-state index contributed by atoms with van der Waals surface area (Å²) in [6, 6.07) is 16.0. The Bertz CT molecular complexity index is 1220. The van der Waals surface area contributed by atoms with Gasteiger partial charge in [0, 0.05) is 50.7 Å².